The topological polar surface area (TPSA) is 75.1 Å². The molecule has 1 rings (SSSR count). The van der Waals surface area contributed by atoms with Gasteiger partial charge in [-0.3, -0.25) is 0 Å². The summed E-state index contributed by atoms with van der Waals surface area (Å²) >= 11 is 0. The predicted octanol–water partition coefficient (Wildman–Crippen LogP) is 3.21. The van der Waals surface area contributed by atoms with E-state index in [1.807, 2.05) is 31.2 Å². The summed E-state index contributed by atoms with van der Waals surface area (Å²) in [5, 5.41) is 3.35. The minimum Gasteiger partial charge on any atom is -0.462 e. The van der Waals surface area contributed by atoms with Crippen molar-refractivity contribution >= 4 is 12.0 Å². The zero-order valence-electron chi connectivity index (χ0n) is 9.75. The number of esters is 1. The van der Waals surface area contributed by atoms with Crippen LogP contribution in [0.15, 0.2) is 35.1 Å². The average molecular weight is 231 g/mol. The van der Waals surface area contributed by atoms with Crippen LogP contribution in [-0.4, -0.2) is 12.6 Å². The van der Waals surface area contributed by atoms with Gasteiger partial charge in [-0.25, -0.2) is 4.79 Å². The summed E-state index contributed by atoms with van der Waals surface area (Å²) in [6, 6.07) is 7.48. The summed E-state index contributed by atoms with van der Waals surface area (Å²) in [6.07, 6.45) is 1.52. The molecule has 0 radical (unpaired) electrons. The second-order valence-corrected chi connectivity index (χ2v) is 3.30. The van der Waals surface area contributed by atoms with Crippen LogP contribution in [0.2, 0.25) is 0 Å². The van der Waals surface area contributed by atoms with Crippen LogP contribution >= 0.6 is 0 Å². The van der Waals surface area contributed by atoms with Crippen molar-refractivity contribution in [2.75, 3.05) is 6.61 Å². The lowest BCUT2D eigenvalue weighted by atomic mass is 10.1. The molecule has 0 aliphatic rings. The van der Waals surface area contributed by atoms with Crippen molar-refractivity contribution in [1.29, 1.82) is 0 Å². The lowest BCUT2D eigenvalue weighted by molar-refractivity contribution is -0.138. The van der Waals surface area contributed by atoms with E-state index in [1.54, 1.807) is 6.92 Å². The minimum absolute atomic E-state index is 0.0383. The maximum Gasteiger partial charge on any atom is 0.340 e. The number of hydrogen-bond donors (Lipinski definition) is 0. The molecule has 0 spiro atoms. The van der Waals surface area contributed by atoms with Gasteiger partial charge in [-0.2, -0.15) is 0 Å². The Kier molecular flexibility index (Phi) is 4.78. The van der Waals surface area contributed by atoms with Gasteiger partial charge in [0.25, 0.3) is 0 Å². The van der Waals surface area contributed by atoms with Gasteiger partial charge in [0.1, 0.15) is 5.70 Å². The van der Waals surface area contributed by atoms with Crippen molar-refractivity contribution in [3.05, 3.63) is 51.5 Å². The highest BCUT2D eigenvalue weighted by Crippen LogP contribution is 2.13. The number of hydrogen-bond acceptors (Lipinski definition) is 3. The van der Waals surface area contributed by atoms with Gasteiger partial charge in [-0.15, -0.1) is 0 Å². The molecule has 0 aromatic heterocycles. The van der Waals surface area contributed by atoms with Crippen LogP contribution < -0.4 is 0 Å². The number of aryl methyl sites for hydroxylation is 1. The normalized spacial score (nSPS) is 10.6. The van der Waals surface area contributed by atoms with Crippen molar-refractivity contribution in [2.24, 2.45) is 5.11 Å². The highest BCUT2D eigenvalue weighted by Gasteiger charge is 2.08. The summed E-state index contributed by atoms with van der Waals surface area (Å²) in [5.41, 5.74) is 10.2. The van der Waals surface area contributed by atoms with E-state index in [0.29, 0.717) is 0 Å². The van der Waals surface area contributed by atoms with E-state index in [0.717, 1.165) is 11.1 Å². The first-order valence-electron chi connectivity index (χ1n) is 5.18. The molecule has 0 saturated carbocycles. The maximum absolute atomic E-state index is 11.5. The van der Waals surface area contributed by atoms with Crippen molar-refractivity contribution in [3.63, 3.8) is 0 Å². The van der Waals surface area contributed by atoms with Crippen LogP contribution in [0.1, 0.15) is 18.1 Å². The van der Waals surface area contributed by atoms with Crippen molar-refractivity contribution in [3.8, 4) is 0 Å². The molecule has 0 N–H and O–H groups in total. The van der Waals surface area contributed by atoms with Crippen molar-refractivity contribution in [2.45, 2.75) is 13.8 Å². The Morgan fingerprint density at radius 1 is 1.53 bits per heavy atom. The second-order valence-electron chi connectivity index (χ2n) is 3.30. The SMILES string of the molecule is CCOC(=O)C(=Cc1ccccc1C)N=[N+]=[N-]. The molecule has 5 heteroatoms. The first kappa shape index (κ1) is 12.8. The highest BCUT2D eigenvalue weighted by molar-refractivity contribution is 5.93. The second kappa shape index (κ2) is 6.35. The molecule has 0 unspecified atom stereocenters. The van der Waals surface area contributed by atoms with E-state index in [4.69, 9.17) is 10.3 Å². The Morgan fingerprint density at radius 3 is 2.82 bits per heavy atom. The fourth-order valence-corrected chi connectivity index (χ4v) is 1.28. The molecular weight excluding hydrogens is 218 g/mol. The Morgan fingerprint density at radius 2 is 2.24 bits per heavy atom. The minimum atomic E-state index is -0.617. The standard InChI is InChI=1S/C12H13N3O2/c1-3-17-12(16)11(14-15-13)8-10-7-5-4-6-9(10)2/h4-8H,3H2,1-2H3. The number of ether oxygens (including phenoxy) is 1. The first-order valence-corrected chi connectivity index (χ1v) is 5.18. The molecule has 0 aliphatic carbocycles. The monoisotopic (exact) mass is 231 g/mol. The van der Waals surface area contributed by atoms with Gasteiger partial charge in [0.05, 0.1) is 6.61 Å². The summed E-state index contributed by atoms with van der Waals surface area (Å²) in [4.78, 5) is 14.1. The molecule has 0 bridgehead atoms. The predicted molar refractivity (Wildman–Crippen MR) is 64.9 cm³/mol. The summed E-state index contributed by atoms with van der Waals surface area (Å²) in [6.45, 7) is 3.84. The number of carbonyl (C=O) groups excluding carboxylic acids is 1. The third kappa shape index (κ3) is 3.66. The van der Waals surface area contributed by atoms with Gasteiger partial charge in [0.2, 0.25) is 0 Å². The molecule has 1 aromatic rings. The Hall–Kier alpha value is -2.26. The quantitative estimate of drug-likeness (QED) is 0.262. The summed E-state index contributed by atoms with van der Waals surface area (Å²) in [7, 11) is 0. The van der Waals surface area contributed by atoms with Crippen LogP contribution in [0.4, 0.5) is 0 Å². The number of nitrogens with zero attached hydrogens (tertiary/aromatic N) is 3. The number of azide groups is 1. The Balaban J connectivity index is 3.11. The lowest BCUT2D eigenvalue weighted by Gasteiger charge is -2.03. The van der Waals surface area contributed by atoms with Gasteiger partial charge in [0.15, 0.2) is 0 Å². The molecule has 1 aromatic carbocycles. The molecular formula is C12H13N3O2. The molecule has 88 valence electrons. The van der Waals surface area contributed by atoms with Crippen LogP contribution in [-0.2, 0) is 9.53 Å². The van der Waals surface area contributed by atoms with Gasteiger partial charge in [0, 0.05) is 4.91 Å². The van der Waals surface area contributed by atoms with Crippen molar-refractivity contribution < 1.29 is 9.53 Å². The van der Waals surface area contributed by atoms with Gasteiger partial charge >= 0.3 is 5.97 Å². The Bertz CT molecular complexity index is 488. The molecule has 0 atom stereocenters. The van der Waals surface area contributed by atoms with Gasteiger partial charge in [-0.05, 0) is 36.6 Å². The Labute approximate surface area is 99.3 Å². The van der Waals surface area contributed by atoms with E-state index >= 15 is 0 Å². The molecule has 0 amide bonds. The molecule has 0 heterocycles. The number of rotatable bonds is 4. The van der Waals surface area contributed by atoms with E-state index in [9.17, 15) is 4.79 Å². The summed E-state index contributed by atoms with van der Waals surface area (Å²) < 4.78 is 4.80. The smallest absolute Gasteiger partial charge is 0.340 e. The van der Waals surface area contributed by atoms with Crippen LogP contribution in [0.25, 0.3) is 16.5 Å². The number of benzene rings is 1. The van der Waals surface area contributed by atoms with Crippen LogP contribution in [0.5, 0.6) is 0 Å². The fraction of sp³-hybridized carbons (Fsp3) is 0.250. The van der Waals surface area contributed by atoms with Gasteiger partial charge < -0.3 is 4.74 Å². The zero-order chi connectivity index (χ0) is 12.7. The van der Waals surface area contributed by atoms with E-state index in [1.165, 1.54) is 6.08 Å². The fourth-order valence-electron chi connectivity index (χ4n) is 1.28. The molecule has 5 nitrogen and oxygen atoms in total. The largest absolute Gasteiger partial charge is 0.462 e. The van der Waals surface area contributed by atoms with Crippen molar-refractivity contribution in [1.82, 2.24) is 0 Å². The molecule has 0 saturated heterocycles. The molecule has 0 fully saturated rings. The van der Waals surface area contributed by atoms with Gasteiger partial charge in [-0.1, -0.05) is 29.4 Å². The first-order chi connectivity index (χ1) is 8.19. The van der Waals surface area contributed by atoms with Crippen LogP contribution in [0, 0.1) is 6.92 Å². The third-order valence-corrected chi connectivity index (χ3v) is 2.12. The van der Waals surface area contributed by atoms with E-state index < -0.39 is 5.97 Å². The maximum atomic E-state index is 11.5. The highest BCUT2D eigenvalue weighted by atomic mass is 16.5. The zero-order valence-corrected chi connectivity index (χ0v) is 9.75. The van der Waals surface area contributed by atoms with E-state index in [-0.39, 0.29) is 12.3 Å². The number of carbonyl (C=O) groups is 1. The lowest BCUT2D eigenvalue weighted by Crippen LogP contribution is -2.05. The average Bonchev–Trinajstić information content (AvgIpc) is 2.31. The molecule has 0 aliphatic heterocycles. The van der Waals surface area contributed by atoms with E-state index in [2.05, 4.69) is 10.0 Å². The molecule has 17 heavy (non-hydrogen) atoms. The summed E-state index contributed by atoms with van der Waals surface area (Å²) in [5.74, 6) is -0.617. The van der Waals surface area contributed by atoms with Crippen LogP contribution in [0.3, 0.4) is 0 Å². The third-order valence-electron chi connectivity index (χ3n) is 2.12.